The van der Waals surface area contributed by atoms with Gasteiger partial charge in [-0.3, -0.25) is 0 Å². The second kappa shape index (κ2) is 5.90. The summed E-state index contributed by atoms with van der Waals surface area (Å²) in [5.41, 5.74) is 0. The van der Waals surface area contributed by atoms with Crippen LogP contribution in [0.1, 0.15) is 45.1 Å². The average molecular weight is 232 g/mol. The van der Waals surface area contributed by atoms with Gasteiger partial charge in [0.05, 0.1) is 6.04 Å². The summed E-state index contributed by atoms with van der Waals surface area (Å²) in [6.07, 6.45) is 6.38. The molecule has 1 aliphatic rings. The fraction of sp³-hybridized carbons (Fsp3) is 0.889. The Hall–Kier alpha value is -0.840. The third kappa shape index (κ3) is 2.81. The van der Waals surface area contributed by atoms with Crippen LogP contribution in [0.25, 0.3) is 0 Å². The summed E-state index contributed by atoms with van der Waals surface area (Å²) in [5, 5.41) is 14.9. The zero-order chi connectivity index (χ0) is 9.80. The van der Waals surface area contributed by atoms with E-state index in [-0.39, 0.29) is 12.4 Å². The molecule has 2 rings (SSSR count). The molecule has 1 fully saturated rings. The number of tetrazole rings is 1. The molecule has 1 heterocycles. The quantitative estimate of drug-likeness (QED) is 0.865. The van der Waals surface area contributed by atoms with E-state index in [1.54, 1.807) is 0 Å². The van der Waals surface area contributed by atoms with Crippen molar-refractivity contribution in [1.29, 1.82) is 0 Å². The molecule has 0 aromatic carbocycles. The van der Waals surface area contributed by atoms with Gasteiger partial charge in [-0.1, -0.05) is 24.4 Å². The van der Waals surface area contributed by atoms with Crippen molar-refractivity contribution in [2.45, 2.75) is 45.1 Å². The standard InChI is InChI=1S/C9H17N5.ClH/c1-2-10-9-11-12-13-14(9)8-6-4-3-5-7-8;/h8H,2-7H2,1H3,(H,10,11,13);1H. The summed E-state index contributed by atoms with van der Waals surface area (Å²) in [5.74, 6) is 0.819. The van der Waals surface area contributed by atoms with Crippen LogP contribution in [0.5, 0.6) is 0 Å². The van der Waals surface area contributed by atoms with Crippen LogP contribution in [0.3, 0.4) is 0 Å². The first-order valence-corrected chi connectivity index (χ1v) is 5.43. The van der Waals surface area contributed by atoms with Crippen molar-refractivity contribution in [2.24, 2.45) is 0 Å². The minimum atomic E-state index is 0. The Morgan fingerprint density at radius 1 is 1.33 bits per heavy atom. The van der Waals surface area contributed by atoms with Crippen LogP contribution in [-0.2, 0) is 0 Å². The number of anilines is 1. The molecule has 0 spiro atoms. The van der Waals surface area contributed by atoms with Crippen LogP contribution in [-0.4, -0.2) is 26.8 Å². The number of rotatable bonds is 3. The highest BCUT2D eigenvalue weighted by Gasteiger charge is 2.19. The zero-order valence-corrected chi connectivity index (χ0v) is 9.83. The maximum absolute atomic E-state index is 4.05. The average Bonchev–Trinajstić information content (AvgIpc) is 2.68. The van der Waals surface area contributed by atoms with Crippen LogP contribution in [0.4, 0.5) is 5.95 Å². The molecule has 0 bridgehead atoms. The van der Waals surface area contributed by atoms with Gasteiger partial charge in [-0.15, -0.1) is 12.4 Å². The number of aromatic nitrogens is 4. The van der Waals surface area contributed by atoms with E-state index in [2.05, 4.69) is 27.8 Å². The Kier molecular flexibility index (Phi) is 4.81. The van der Waals surface area contributed by atoms with Gasteiger partial charge in [0, 0.05) is 6.54 Å². The lowest BCUT2D eigenvalue weighted by Crippen LogP contribution is -2.17. The molecule has 0 amide bonds. The predicted molar refractivity (Wildman–Crippen MR) is 61.4 cm³/mol. The summed E-state index contributed by atoms with van der Waals surface area (Å²) in [6, 6.07) is 0.507. The van der Waals surface area contributed by atoms with E-state index in [4.69, 9.17) is 0 Å². The highest BCUT2D eigenvalue weighted by Crippen LogP contribution is 2.28. The normalized spacial score (nSPS) is 17.1. The summed E-state index contributed by atoms with van der Waals surface area (Å²) >= 11 is 0. The maximum atomic E-state index is 4.05. The largest absolute Gasteiger partial charge is 0.353 e. The number of hydrogen-bond donors (Lipinski definition) is 1. The van der Waals surface area contributed by atoms with E-state index >= 15 is 0 Å². The third-order valence-corrected chi connectivity index (χ3v) is 2.75. The molecule has 0 saturated heterocycles. The van der Waals surface area contributed by atoms with Gasteiger partial charge in [0.25, 0.3) is 0 Å². The number of nitrogens with one attached hydrogen (secondary N) is 1. The molecular formula is C9H18ClN5. The first-order valence-electron chi connectivity index (χ1n) is 5.43. The van der Waals surface area contributed by atoms with Gasteiger partial charge < -0.3 is 5.32 Å². The maximum Gasteiger partial charge on any atom is 0.243 e. The van der Waals surface area contributed by atoms with Crippen LogP contribution < -0.4 is 5.32 Å². The van der Waals surface area contributed by atoms with Crippen LogP contribution >= 0.6 is 12.4 Å². The predicted octanol–water partition coefficient (Wildman–Crippen LogP) is 2.03. The summed E-state index contributed by atoms with van der Waals surface area (Å²) in [4.78, 5) is 0. The molecule has 1 aliphatic carbocycles. The van der Waals surface area contributed by atoms with E-state index in [1.165, 1.54) is 32.1 Å². The molecule has 1 saturated carbocycles. The van der Waals surface area contributed by atoms with Gasteiger partial charge in [0.2, 0.25) is 5.95 Å². The molecular weight excluding hydrogens is 214 g/mol. The van der Waals surface area contributed by atoms with Crippen LogP contribution in [0, 0.1) is 0 Å². The van der Waals surface area contributed by atoms with E-state index in [0.717, 1.165) is 12.5 Å². The Bertz CT molecular complexity index is 282. The number of hydrogen-bond acceptors (Lipinski definition) is 4. The fourth-order valence-corrected chi connectivity index (χ4v) is 2.04. The molecule has 6 heteroatoms. The Morgan fingerprint density at radius 2 is 2.07 bits per heavy atom. The second-order valence-electron chi connectivity index (χ2n) is 3.77. The van der Waals surface area contributed by atoms with Gasteiger partial charge >= 0.3 is 0 Å². The minimum Gasteiger partial charge on any atom is -0.353 e. The molecule has 0 radical (unpaired) electrons. The second-order valence-corrected chi connectivity index (χ2v) is 3.77. The third-order valence-electron chi connectivity index (χ3n) is 2.75. The molecule has 15 heavy (non-hydrogen) atoms. The molecule has 1 aromatic rings. The zero-order valence-electron chi connectivity index (χ0n) is 9.02. The van der Waals surface area contributed by atoms with Crippen molar-refractivity contribution >= 4 is 18.4 Å². The summed E-state index contributed by atoms with van der Waals surface area (Å²) in [6.45, 7) is 2.92. The topological polar surface area (TPSA) is 55.6 Å². The highest BCUT2D eigenvalue weighted by atomic mass is 35.5. The smallest absolute Gasteiger partial charge is 0.243 e. The Balaban J connectivity index is 0.00000112. The van der Waals surface area contributed by atoms with E-state index in [9.17, 15) is 0 Å². The lowest BCUT2D eigenvalue weighted by molar-refractivity contribution is 0.327. The Labute approximate surface area is 96.0 Å². The van der Waals surface area contributed by atoms with Crippen molar-refractivity contribution in [2.75, 3.05) is 11.9 Å². The molecule has 1 aromatic heterocycles. The van der Waals surface area contributed by atoms with Crippen molar-refractivity contribution < 1.29 is 0 Å². The number of nitrogens with zero attached hydrogens (tertiary/aromatic N) is 4. The monoisotopic (exact) mass is 231 g/mol. The van der Waals surface area contributed by atoms with Crippen LogP contribution in [0.2, 0.25) is 0 Å². The van der Waals surface area contributed by atoms with Crippen molar-refractivity contribution in [1.82, 2.24) is 20.2 Å². The lowest BCUT2D eigenvalue weighted by atomic mass is 9.96. The fourth-order valence-electron chi connectivity index (χ4n) is 2.04. The van der Waals surface area contributed by atoms with Crippen molar-refractivity contribution in [3.05, 3.63) is 0 Å². The summed E-state index contributed by atoms with van der Waals surface area (Å²) in [7, 11) is 0. The first-order chi connectivity index (χ1) is 6.92. The number of halogens is 1. The van der Waals surface area contributed by atoms with Gasteiger partial charge in [-0.2, -0.15) is 0 Å². The van der Waals surface area contributed by atoms with Crippen molar-refractivity contribution in [3.63, 3.8) is 0 Å². The molecule has 0 atom stereocenters. The molecule has 0 unspecified atom stereocenters. The van der Waals surface area contributed by atoms with E-state index in [1.807, 2.05) is 4.68 Å². The van der Waals surface area contributed by atoms with Gasteiger partial charge in [0.15, 0.2) is 0 Å². The Morgan fingerprint density at radius 3 is 2.73 bits per heavy atom. The summed E-state index contributed by atoms with van der Waals surface area (Å²) < 4.78 is 1.95. The van der Waals surface area contributed by atoms with E-state index in [0.29, 0.717) is 6.04 Å². The highest BCUT2D eigenvalue weighted by molar-refractivity contribution is 5.85. The SMILES string of the molecule is CCNc1nnnn1C1CCCCC1.Cl. The first kappa shape index (κ1) is 12.2. The minimum absolute atomic E-state index is 0. The van der Waals surface area contributed by atoms with Gasteiger partial charge in [-0.25, -0.2) is 4.68 Å². The van der Waals surface area contributed by atoms with E-state index < -0.39 is 0 Å². The lowest BCUT2D eigenvalue weighted by Gasteiger charge is -2.22. The van der Waals surface area contributed by atoms with Gasteiger partial charge in [-0.05, 0) is 30.2 Å². The van der Waals surface area contributed by atoms with Gasteiger partial charge in [0.1, 0.15) is 0 Å². The van der Waals surface area contributed by atoms with Crippen molar-refractivity contribution in [3.8, 4) is 0 Å². The molecule has 1 N–H and O–H groups in total. The molecule has 0 aliphatic heterocycles. The van der Waals surface area contributed by atoms with Crippen LogP contribution in [0.15, 0.2) is 0 Å². The molecule has 5 nitrogen and oxygen atoms in total. The molecule has 86 valence electrons.